The number of carbonyl (C=O) groups is 1. The summed E-state index contributed by atoms with van der Waals surface area (Å²) in [5.74, 6) is 0.696. The molecule has 1 aliphatic heterocycles. The molecule has 1 atom stereocenters. The second kappa shape index (κ2) is 12.6. The first kappa shape index (κ1) is 29.0. The number of methoxy groups -OCH3 is 1. The Balaban J connectivity index is 1.85. The van der Waals surface area contributed by atoms with Crippen LogP contribution in [0.1, 0.15) is 36.6 Å². The molecule has 0 spiro atoms. The van der Waals surface area contributed by atoms with Crippen LogP contribution in [0.25, 0.3) is 11.8 Å². The van der Waals surface area contributed by atoms with E-state index in [1.807, 2.05) is 73.7 Å². The van der Waals surface area contributed by atoms with E-state index in [2.05, 4.69) is 31.9 Å². The highest BCUT2D eigenvalue weighted by atomic mass is 79.9. The minimum Gasteiger partial charge on any atom is -0.497 e. The van der Waals surface area contributed by atoms with Crippen molar-refractivity contribution in [2.24, 2.45) is 4.99 Å². The molecule has 1 aliphatic rings. The van der Waals surface area contributed by atoms with Gasteiger partial charge in [-0.25, -0.2) is 9.79 Å². The molecule has 1 aromatic heterocycles. The van der Waals surface area contributed by atoms with Crippen molar-refractivity contribution >= 4 is 60.9 Å². The van der Waals surface area contributed by atoms with Gasteiger partial charge in [0.2, 0.25) is 0 Å². The lowest BCUT2D eigenvalue weighted by molar-refractivity contribution is -0.138. The van der Waals surface area contributed by atoms with Crippen LogP contribution in [0.3, 0.4) is 0 Å². The molecule has 0 bridgehead atoms. The van der Waals surface area contributed by atoms with Gasteiger partial charge in [0.05, 0.1) is 46.6 Å². The summed E-state index contributed by atoms with van der Waals surface area (Å²) >= 11 is 8.36. The van der Waals surface area contributed by atoms with Crippen molar-refractivity contribution in [1.29, 1.82) is 0 Å². The van der Waals surface area contributed by atoms with Gasteiger partial charge in [0.15, 0.2) is 4.80 Å². The van der Waals surface area contributed by atoms with Gasteiger partial charge in [-0.05, 0) is 65.7 Å². The number of carbonyl (C=O) groups excluding carboxylic acids is 1. The van der Waals surface area contributed by atoms with Crippen LogP contribution in [-0.2, 0) is 9.53 Å². The highest BCUT2D eigenvalue weighted by Gasteiger charge is 2.35. The Morgan fingerprint density at radius 2 is 1.83 bits per heavy atom. The summed E-state index contributed by atoms with van der Waals surface area (Å²) in [4.78, 5) is 33.1. The van der Waals surface area contributed by atoms with E-state index in [0.29, 0.717) is 38.7 Å². The summed E-state index contributed by atoms with van der Waals surface area (Å²) in [5, 5.41) is 0. The first-order valence-electron chi connectivity index (χ1n) is 12.9. The van der Waals surface area contributed by atoms with Crippen LogP contribution in [0.5, 0.6) is 11.5 Å². The number of fused-ring (bicyclic) bond motifs is 1. The molecule has 7 nitrogen and oxygen atoms in total. The minimum absolute atomic E-state index is 0.178. The second-order valence-electron chi connectivity index (χ2n) is 8.95. The summed E-state index contributed by atoms with van der Waals surface area (Å²) in [5.41, 5.74) is 2.63. The largest absolute Gasteiger partial charge is 0.497 e. The average Bonchev–Trinajstić information content (AvgIpc) is 3.28. The molecule has 3 aromatic carbocycles. The lowest BCUT2D eigenvalue weighted by Crippen LogP contribution is -2.40. The van der Waals surface area contributed by atoms with Crippen LogP contribution in [0, 0.1) is 0 Å². The third-order valence-electron chi connectivity index (χ3n) is 6.40. The molecular formula is C31H26Br2N2O5S. The number of esters is 1. The fourth-order valence-electron chi connectivity index (χ4n) is 4.69. The predicted molar refractivity (Wildman–Crippen MR) is 167 cm³/mol. The normalized spacial score (nSPS) is 14.9. The molecule has 0 radical (unpaired) electrons. The van der Waals surface area contributed by atoms with Crippen molar-refractivity contribution in [3.05, 3.63) is 118 Å². The lowest BCUT2D eigenvalue weighted by atomic mass is 9.93. The number of aromatic nitrogens is 1. The zero-order valence-electron chi connectivity index (χ0n) is 22.5. The Morgan fingerprint density at radius 3 is 2.54 bits per heavy atom. The Hall–Kier alpha value is -3.47. The molecule has 10 heteroatoms. The summed E-state index contributed by atoms with van der Waals surface area (Å²) in [6.45, 7) is 4.30. The van der Waals surface area contributed by atoms with Gasteiger partial charge in [-0.15, -0.1) is 0 Å². The molecular weight excluding hydrogens is 672 g/mol. The second-order valence-corrected chi connectivity index (χ2v) is 11.7. The number of hydrogen-bond acceptors (Lipinski definition) is 7. The van der Waals surface area contributed by atoms with E-state index < -0.39 is 12.0 Å². The molecule has 0 unspecified atom stereocenters. The Morgan fingerprint density at radius 1 is 1.05 bits per heavy atom. The van der Waals surface area contributed by atoms with E-state index in [1.54, 1.807) is 24.7 Å². The van der Waals surface area contributed by atoms with Gasteiger partial charge in [0, 0.05) is 15.6 Å². The quantitative estimate of drug-likeness (QED) is 0.216. The van der Waals surface area contributed by atoms with Crippen molar-refractivity contribution in [2.45, 2.75) is 19.9 Å². The van der Waals surface area contributed by atoms with Gasteiger partial charge in [0.1, 0.15) is 11.5 Å². The molecule has 210 valence electrons. The number of nitrogens with zero attached hydrogens (tertiary/aromatic N) is 2. The van der Waals surface area contributed by atoms with Crippen LogP contribution < -0.4 is 24.4 Å². The maximum absolute atomic E-state index is 14.2. The highest BCUT2D eigenvalue weighted by molar-refractivity contribution is 9.11. The van der Waals surface area contributed by atoms with Crippen LogP contribution >= 0.6 is 43.2 Å². The van der Waals surface area contributed by atoms with Crippen molar-refractivity contribution in [2.75, 3.05) is 20.3 Å². The van der Waals surface area contributed by atoms with E-state index >= 15 is 0 Å². The van der Waals surface area contributed by atoms with E-state index in [4.69, 9.17) is 19.2 Å². The van der Waals surface area contributed by atoms with Gasteiger partial charge in [-0.2, -0.15) is 0 Å². The molecule has 0 N–H and O–H groups in total. The van der Waals surface area contributed by atoms with Crippen LogP contribution in [0.4, 0.5) is 0 Å². The molecule has 0 saturated heterocycles. The molecule has 0 amide bonds. The summed E-state index contributed by atoms with van der Waals surface area (Å²) in [7, 11) is 1.58. The third kappa shape index (κ3) is 5.82. The van der Waals surface area contributed by atoms with Crippen LogP contribution in [0.2, 0.25) is 0 Å². The molecule has 4 aromatic rings. The molecule has 0 saturated carbocycles. The van der Waals surface area contributed by atoms with E-state index in [9.17, 15) is 9.59 Å². The maximum Gasteiger partial charge on any atom is 0.338 e. The molecule has 5 rings (SSSR count). The highest BCUT2D eigenvalue weighted by Crippen LogP contribution is 2.37. The average molecular weight is 698 g/mol. The van der Waals surface area contributed by atoms with Gasteiger partial charge < -0.3 is 14.2 Å². The predicted octanol–water partition coefficient (Wildman–Crippen LogP) is 5.87. The van der Waals surface area contributed by atoms with E-state index in [-0.39, 0.29) is 17.7 Å². The first-order valence-corrected chi connectivity index (χ1v) is 15.3. The smallest absolute Gasteiger partial charge is 0.338 e. The maximum atomic E-state index is 14.2. The summed E-state index contributed by atoms with van der Waals surface area (Å²) in [6, 6.07) is 19.8. The fourth-order valence-corrected chi connectivity index (χ4v) is 7.06. The topological polar surface area (TPSA) is 79.1 Å². The Kier molecular flexibility index (Phi) is 8.91. The monoisotopic (exact) mass is 696 g/mol. The molecule has 41 heavy (non-hydrogen) atoms. The van der Waals surface area contributed by atoms with Crippen molar-refractivity contribution in [3.63, 3.8) is 0 Å². The summed E-state index contributed by atoms with van der Waals surface area (Å²) in [6.07, 6.45) is 1.79. The van der Waals surface area contributed by atoms with Crippen molar-refractivity contribution in [1.82, 2.24) is 4.57 Å². The SMILES string of the molecule is CCOC(=O)C1=C(c2ccccc2)N=c2s/c(=C\c3cc(Br)cc(Br)c3OCC)c(=O)n2[C@@H]1c1cccc(OC)c1. The van der Waals surface area contributed by atoms with Crippen LogP contribution in [0.15, 0.2) is 91.0 Å². The van der Waals surface area contributed by atoms with Crippen molar-refractivity contribution in [3.8, 4) is 11.5 Å². The van der Waals surface area contributed by atoms with Crippen molar-refractivity contribution < 1.29 is 19.0 Å². The molecule has 0 fully saturated rings. The van der Waals surface area contributed by atoms with Gasteiger partial charge in [0.25, 0.3) is 5.56 Å². The fraction of sp³-hybridized carbons (Fsp3) is 0.194. The first-order chi connectivity index (χ1) is 19.9. The zero-order chi connectivity index (χ0) is 29.1. The lowest BCUT2D eigenvalue weighted by Gasteiger charge is -2.26. The molecule has 2 heterocycles. The number of thiazole rings is 1. The van der Waals surface area contributed by atoms with E-state index in [1.165, 1.54) is 11.3 Å². The Bertz CT molecular complexity index is 1830. The Labute approximate surface area is 257 Å². The number of hydrogen-bond donors (Lipinski definition) is 0. The van der Waals surface area contributed by atoms with Gasteiger partial charge in [-0.3, -0.25) is 9.36 Å². The van der Waals surface area contributed by atoms with Crippen LogP contribution in [-0.4, -0.2) is 30.9 Å². The van der Waals surface area contributed by atoms with Gasteiger partial charge >= 0.3 is 5.97 Å². The van der Waals surface area contributed by atoms with E-state index in [0.717, 1.165) is 20.1 Å². The number of halogens is 2. The molecule has 0 aliphatic carbocycles. The number of ether oxygens (including phenoxy) is 3. The standard InChI is InChI=1S/C31H26Br2N2O5S/c1-4-39-28-20(14-21(32)17-23(28)33)16-24-29(36)35-27(19-12-9-13-22(15-19)38-3)25(30(37)40-5-2)26(34-31(35)41-24)18-10-7-6-8-11-18/h6-17,27H,4-5H2,1-3H3/b24-16-/t27-/m1/s1. The van der Waals surface area contributed by atoms with Gasteiger partial charge in [-0.1, -0.05) is 69.7 Å². The summed E-state index contributed by atoms with van der Waals surface area (Å²) < 4.78 is 20.5. The zero-order valence-corrected chi connectivity index (χ0v) is 26.5. The third-order valence-corrected chi connectivity index (χ3v) is 8.43. The number of rotatable bonds is 8. The number of benzene rings is 3. The minimum atomic E-state index is -0.793.